The molecule has 1 aromatic carbocycles. The number of para-hydroxylation sites is 1. The molecule has 1 saturated heterocycles. The van der Waals surface area contributed by atoms with Crippen molar-refractivity contribution in [2.45, 2.75) is 18.9 Å². The van der Waals surface area contributed by atoms with E-state index in [4.69, 9.17) is 6.42 Å². The number of amides is 1. The second-order valence-corrected chi connectivity index (χ2v) is 4.10. The van der Waals surface area contributed by atoms with Crippen LogP contribution in [0.15, 0.2) is 30.3 Å². The standard InChI is InChI=1S/C14H16N2O/c1-2-3-7-10-15-13-11-16(14(13)17)12-8-5-4-6-9-12/h1,4-6,8-9,13,15H,3,7,10-11H2. The van der Waals surface area contributed by atoms with E-state index in [2.05, 4.69) is 11.2 Å². The fourth-order valence-corrected chi connectivity index (χ4v) is 1.89. The summed E-state index contributed by atoms with van der Waals surface area (Å²) in [5.41, 5.74) is 0.971. The fourth-order valence-electron chi connectivity index (χ4n) is 1.89. The van der Waals surface area contributed by atoms with Crippen molar-refractivity contribution < 1.29 is 4.79 Å². The van der Waals surface area contributed by atoms with Gasteiger partial charge in [0.15, 0.2) is 0 Å². The van der Waals surface area contributed by atoms with Crippen LogP contribution in [0.3, 0.4) is 0 Å². The highest BCUT2D eigenvalue weighted by atomic mass is 16.2. The highest BCUT2D eigenvalue weighted by Crippen LogP contribution is 2.21. The quantitative estimate of drug-likeness (QED) is 0.469. The number of terminal acetylenes is 1. The molecule has 1 fully saturated rings. The molecule has 17 heavy (non-hydrogen) atoms. The zero-order valence-electron chi connectivity index (χ0n) is 9.73. The maximum atomic E-state index is 11.8. The van der Waals surface area contributed by atoms with Crippen molar-refractivity contribution in [3.63, 3.8) is 0 Å². The molecule has 1 amide bonds. The number of rotatable bonds is 5. The van der Waals surface area contributed by atoms with Gasteiger partial charge in [0.2, 0.25) is 5.91 Å². The fraction of sp³-hybridized carbons (Fsp3) is 0.357. The third-order valence-electron chi connectivity index (χ3n) is 2.89. The minimum absolute atomic E-state index is 0.0343. The molecule has 1 aromatic rings. The number of β-lactam (4-membered cyclic amide) rings is 1. The van der Waals surface area contributed by atoms with Crippen LogP contribution in [0.5, 0.6) is 0 Å². The summed E-state index contributed by atoms with van der Waals surface area (Å²) < 4.78 is 0. The Morgan fingerprint density at radius 3 is 2.82 bits per heavy atom. The summed E-state index contributed by atoms with van der Waals surface area (Å²) >= 11 is 0. The Hall–Kier alpha value is -1.79. The predicted molar refractivity (Wildman–Crippen MR) is 68.7 cm³/mol. The summed E-state index contributed by atoms with van der Waals surface area (Å²) in [6.45, 7) is 1.56. The van der Waals surface area contributed by atoms with Gasteiger partial charge in [0.25, 0.3) is 0 Å². The predicted octanol–water partition coefficient (Wildman–Crippen LogP) is 1.40. The van der Waals surface area contributed by atoms with Gasteiger partial charge in [0.1, 0.15) is 6.04 Å². The van der Waals surface area contributed by atoms with E-state index < -0.39 is 0 Å². The normalized spacial score (nSPS) is 18.6. The van der Waals surface area contributed by atoms with Crippen molar-refractivity contribution in [2.24, 2.45) is 0 Å². The van der Waals surface area contributed by atoms with Crippen LogP contribution in [0.1, 0.15) is 12.8 Å². The van der Waals surface area contributed by atoms with Gasteiger partial charge >= 0.3 is 0 Å². The Morgan fingerprint density at radius 1 is 1.41 bits per heavy atom. The Labute approximate surface area is 102 Å². The number of anilines is 1. The Bertz CT molecular complexity index is 422. The first kappa shape index (κ1) is 11.7. The molecular formula is C14H16N2O. The second kappa shape index (κ2) is 5.51. The van der Waals surface area contributed by atoms with Crippen molar-refractivity contribution in [1.82, 2.24) is 5.32 Å². The molecule has 1 aliphatic heterocycles. The average Bonchev–Trinajstić information content (AvgIpc) is 2.37. The SMILES string of the molecule is C#CCCCNC1CN(c2ccccc2)C1=O. The number of nitrogens with one attached hydrogen (secondary N) is 1. The summed E-state index contributed by atoms with van der Waals surface area (Å²) in [4.78, 5) is 13.6. The number of hydrogen-bond acceptors (Lipinski definition) is 2. The topological polar surface area (TPSA) is 32.3 Å². The first-order valence-electron chi connectivity index (χ1n) is 5.86. The lowest BCUT2D eigenvalue weighted by molar-refractivity contribution is -0.124. The number of carbonyl (C=O) groups excluding carboxylic acids is 1. The number of carbonyl (C=O) groups is 1. The van der Waals surface area contributed by atoms with Crippen molar-refractivity contribution >= 4 is 11.6 Å². The Kier molecular flexibility index (Phi) is 3.79. The maximum absolute atomic E-state index is 11.8. The first-order chi connectivity index (χ1) is 8.33. The third-order valence-corrected chi connectivity index (χ3v) is 2.89. The van der Waals surface area contributed by atoms with E-state index in [1.807, 2.05) is 30.3 Å². The Morgan fingerprint density at radius 2 is 2.18 bits per heavy atom. The number of hydrogen-bond donors (Lipinski definition) is 1. The van der Waals surface area contributed by atoms with Crippen LogP contribution in [0.4, 0.5) is 5.69 Å². The van der Waals surface area contributed by atoms with Crippen molar-refractivity contribution in [1.29, 1.82) is 0 Å². The minimum atomic E-state index is -0.0343. The zero-order valence-corrected chi connectivity index (χ0v) is 9.73. The van der Waals surface area contributed by atoms with E-state index in [0.717, 1.165) is 31.6 Å². The van der Waals surface area contributed by atoms with Gasteiger partial charge in [0, 0.05) is 12.1 Å². The smallest absolute Gasteiger partial charge is 0.246 e. The molecule has 1 aliphatic rings. The van der Waals surface area contributed by atoms with Gasteiger partial charge < -0.3 is 10.2 Å². The molecule has 3 heteroatoms. The summed E-state index contributed by atoms with van der Waals surface area (Å²) in [5.74, 6) is 2.74. The van der Waals surface area contributed by atoms with Crippen LogP contribution in [0.25, 0.3) is 0 Å². The van der Waals surface area contributed by atoms with Crippen LogP contribution in [0, 0.1) is 12.3 Å². The molecular weight excluding hydrogens is 212 g/mol. The summed E-state index contributed by atoms with van der Waals surface area (Å²) in [7, 11) is 0. The molecule has 0 aliphatic carbocycles. The molecule has 0 bridgehead atoms. The highest BCUT2D eigenvalue weighted by Gasteiger charge is 2.36. The van der Waals surface area contributed by atoms with Crippen LogP contribution in [-0.4, -0.2) is 25.0 Å². The molecule has 0 aromatic heterocycles. The van der Waals surface area contributed by atoms with Crippen molar-refractivity contribution in [3.8, 4) is 12.3 Å². The van der Waals surface area contributed by atoms with E-state index in [-0.39, 0.29) is 11.9 Å². The molecule has 1 unspecified atom stereocenters. The highest BCUT2D eigenvalue weighted by molar-refractivity contribution is 6.03. The summed E-state index contributed by atoms with van der Waals surface area (Å²) in [6, 6.07) is 9.70. The lowest BCUT2D eigenvalue weighted by atomic mass is 10.1. The molecule has 2 rings (SSSR count). The molecule has 3 nitrogen and oxygen atoms in total. The van der Waals surface area contributed by atoms with Gasteiger partial charge in [-0.1, -0.05) is 18.2 Å². The maximum Gasteiger partial charge on any atom is 0.246 e. The van der Waals surface area contributed by atoms with Gasteiger partial charge in [-0.3, -0.25) is 4.79 Å². The van der Waals surface area contributed by atoms with Crippen LogP contribution in [0.2, 0.25) is 0 Å². The summed E-state index contributed by atoms with van der Waals surface area (Å²) in [6.07, 6.45) is 6.85. The van der Waals surface area contributed by atoms with Gasteiger partial charge in [-0.05, 0) is 25.1 Å². The van der Waals surface area contributed by atoms with Crippen LogP contribution in [-0.2, 0) is 4.79 Å². The molecule has 88 valence electrons. The number of benzene rings is 1. The molecule has 1 N–H and O–H groups in total. The largest absolute Gasteiger partial charge is 0.309 e. The molecule has 1 atom stereocenters. The van der Waals surface area contributed by atoms with Gasteiger partial charge in [-0.15, -0.1) is 12.3 Å². The van der Waals surface area contributed by atoms with E-state index in [9.17, 15) is 4.79 Å². The molecule has 0 spiro atoms. The number of nitrogens with zero attached hydrogens (tertiary/aromatic N) is 1. The van der Waals surface area contributed by atoms with Gasteiger partial charge in [0.05, 0.1) is 6.54 Å². The van der Waals surface area contributed by atoms with E-state index >= 15 is 0 Å². The molecule has 0 radical (unpaired) electrons. The van der Waals surface area contributed by atoms with E-state index in [0.29, 0.717) is 0 Å². The van der Waals surface area contributed by atoms with Gasteiger partial charge in [-0.2, -0.15) is 0 Å². The molecule has 1 heterocycles. The Balaban J connectivity index is 1.78. The monoisotopic (exact) mass is 228 g/mol. The number of unbranched alkanes of at least 4 members (excludes halogenated alkanes) is 1. The lowest BCUT2D eigenvalue weighted by Gasteiger charge is -2.38. The average molecular weight is 228 g/mol. The van der Waals surface area contributed by atoms with Crippen LogP contribution >= 0.6 is 0 Å². The van der Waals surface area contributed by atoms with Crippen molar-refractivity contribution in [2.75, 3.05) is 18.0 Å². The van der Waals surface area contributed by atoms with Gasteiger partial charge in [-0.25, -0.2) is 0 Å². The lowest BCUT2D eigenvalue weighted by Crippen LogP contribution is -2.63. The van der Waals surface area contributed by atoms with Crippen LogP contribution < -0.4 is 10.2 Å². The van der Waals surface area contributed by atoms with Crippen molar-refractivity contribution in [3.05, 3.63) is 30.3 Å². The minimum Gasteiger partial charge on any atom is -0.309 e. The molecule has 0 saturated carbocycles. The second-order valence-electron chi connectivity index (χ2n) is 4.10. The first-order valence-corrected chi connectivity index (χ1v) is 5.86. The zero-order chi connectivity index (χ0) is 12.1. The summed E-state index contributed by atoms with van der Waals surface area (Å²) in [5, 5.41) is 3.22. The van der Waals surface area contributed by atoms with E-state index in [1.54, 1.807) is 4.90 Å². The van der Waals surface area contributed by atoms with E-state index in [1.165, 1.54) is 0 Å². The third kappa shape index (κ3) is 2.66.